The topological polar surface area (TPSA) is 53.0 Å². The number of fused-ring (bicyclic) bond motifs is 1. The van der Waals surface area contributed by atoms with E-state index in [0.29, 0.717) is 6.04 Å². The van der Waals surface area contributed by atoms with Crippen LogP contribution in [0.5, 0.6) is 5.75 Å². The van der Waals surface area contributed by atoms with E-state index < -0.39 is 6.10 Å². The van der Waals surface area contributed by atoms with Gasteiger partial charge in [-0.15, -0.1) is 0 Å². The third-order valence-electron chi connectivity index (χ3n) is 9.27. The number of hydrogen-bond donors (Lipinski definition) is 1. The second kappa shape index (κ2) is 7.57. The first-order valence-corrected chi connectivity index (χ1v) is 12.5. The van der Waals surface area contributed by atoms with Gasteiger partial charge < -0.3 is 14.7 Å². The zero-order valence-electron chi connectivity index (χ0n) is 19.7. The Morgan fingerprint density at radius 3 is 2.70 bits per heavy atom. The molecule has 4 aliphatic rings. The van der Waals surface area contributed by atoms with Crippen LogP contribution in [0.15, 0.2) is 48.5 Å². The summed E-state index contributed by atoms with van der Waals surface area (Å²) >= 11 is 0. The Morgan fingerprint density at radius 2 is 1.94 bits per heavy atom. The van der Waals surface area contributed by atoms with Gasteiger partial charge in [0.15, 0.2) is 0 Å². The Bertz CT molecular complexity index is 1070. The molecule has 3 aliphatic heterocycles. The van der Waals surface area contributed by atoms with Crippen LogP contribution < -0.4 is 9.64 Å². The van der Waals surface area contributed by atoms with Gasteiger partial charge >= 0.3 is 0 Å². The molecule has 1 saturated carbocycles. The van der Waals surface area contributed by atoms with Crippen LogP contribution in [0.4, 0.5) is 5.69 Å². The lowest BCUT2D eigenvalue weighted by molar-refractivity contribution is -0.118. The number of aliphatic hydroxyl groups excluding tert-OH is 1. The number of para-hydroxylation sites is 1. The fourth-order valence-corrected chi connectivity index (χ4v) is 8.32. The molecule has 6 rings (SSSR count). The summed E-state index contributed by atoms with van der Waals surface area (Å²) < 4.78 is 5.78. The molecule has 2 saturated heterocycles. The van der Waals surface area contributed by atoms with Gasteiger partial charge in [0.2, 0.25) is 5.91 Å². The molecule has 0 bridgehead atoms. The second-order valence-corrected chi connectivity index (χ2v) is 10.6. The first-order chi connectivity index (χ1) is 16.0. The smallest absolute Gasteiger partial charge is 0.224 e. The summed E-state index contributed by atoms with van der Waals surface area (Å²) in [7, 11) is 1.70. The Hall–Kier alpha value is -2.37. The number of nitrogens with zero attached hydrogens (tertiary/aromatic N) is 2. The Labute approximate surface area is 196 Å². The Balaban J connectivity index is 1.49. The van der Waals surface area contributed by atoms with E-state index in [0.717, 1.165) is 62.2 Å². The number of ether oxygens (including phenoxy) is 1. The summed E-state index contributed by atoms with van der Waals surface area (Å²) in [5.41, 5.74) is 3.24. The van der Waals surface area contributed by atoms with Gasteiger partial charge in [0.1, 0.15) is 5.75 Å². The van der Waals surface area contributed by atoms with Gasteiger partial charge in [0.25, 0.3) is 0 Å². The molecule has 5 atom stereocenters. The van der Waals surface area contributed by atoms with Gasteiger partial charge in [0.05, 0.1) is 18.9 Å². The van der Waals surface area contributed by atoms with Gasteiger partial charge in [-0.1, -0.05) is 42.5 Å². The lowest BCUT2D eigenvalue weighted by Crippen LogP contribution is -2.65. The molecule has 1 N–H and O–H groups in total. The highest BCUT2D eigenvalue weighted by Crippen LogP contribution is 2.67. The minimum atomic E-state index is -0.463. The number of amides is 1. The molecule has 0 radical (unpaired) electrons. The number of piperidine rings is 1. The summed E-state index contributed by atoms with van der Waals surface area (Å²) in [4.78, 5) is 17.8. The monoisotopic (exact) mass is 446 g/mol. The molecule has 2 aromatic rings. The van der Waals surface area contributed by atoms with Crippen molar-refractivity contribution in [1.29, 1.82) is 0 Å². The van der Waals surface area contributed by atoms with Crippen molar-refractivity contribution in [2.75, 3.05) is 25.1 Å². The van der Waals surface area contributed by atoms with E-state index in [9.17, 15) is 9.90 Å². The van der Waals surface area contributed by atoms with Gasteiger partial charge in [-0.3, -0.25) is 9.69 Å². The van der Waals surface area contributed by atoms with Gasteiger partial charge in [-0.05, 0) is 74.2 Å². The van der Waals surface area contributed by atoms with E-state index in [1.165, 1.54) is 12.0 Å². The van der Waals surface area contributed by atoms with Crippen molar-refractivity contribution in [3.63, 3.8) is 0 Å². The van der Waals surface area contributed by atoms with Crippen molar-refractivity contribution >= 4 is 11.6 Å². The number of aliphatic hydroxyl groups is 1. The maximum Gasteiger partial charge on any atom is 0.224 e. The maximum absolute atomic E-state index is 13.0. The molecule has 5 nitrogen and oxygen atoms in total. The van der Waals surface area contributed by atoms with Crippen molar-refractivity contribution in [2.45, 2.75) is 69.1 Å². The number of carbonyl (C=O) groups is 1. The van der Waals surface area contributed by atoms with Crippen LogP contribution in [0.2, 0.25) is 0 Å². The summed E-state index contributed by atoms with van der Waals surface area (Å²) in [5, 5.41) is 11.4. The molecule has 1 aliphatic carbocycles. The third-order valence-corrected chi connectivity index (χ3v) is 9.27. The molecule has 3 fully saturated rings. The van der Waals surface area contributed by atoms with Gasteiger partial charge in [0, 0.05) is 24.4 Å². The lowest BCUT2D eigenvalue weighted by atomic mass is 9.51. The van der Waals surface area contributed by atoms with Gasteiger partial charge in [-0.2, -0.15) is 0 Å². The van der Waals surface area contributed by atoms with Crippen LogP contribution in [0.1, 0.15) is 62.7 Å². The highest BCUT2D eigenvalue weighted by molar-refractivity contribution is 5.98. The number of anilines is 1. The molecular weight excluding hydrogens is 412 g/mol. The number of hydrogen-bond acceptors (Lipinski definition) is 4. The molecule has 1 amide bonds. The predicted molar refractivity (Wildman–Crippen MR) is 129 cm³/mol. The molecule has 5 heteroatoms. The molecule has 1 unspecified atom stereocenters. The fraction of sp³-hybridized carbons (Fsp3) is 0.536. The first-order valence-electron chi connectivity index (χ1n) is 12.5. The van der Waals surface area contributed by atoms with Crippen LogP contribution in [0, 0.1) is 5.41 Å². The van der Waals surface area contributed by atoms with Crippen LogP contribution in [0.3, 0.4) is 0 Å². The second-order valence-electron chi connectivity index (χ2n) is 10.6. The highest BCUT2D eigenvalue weighted by Gasteiger charge is 2.69. The van der Waals surface area contributed by atoms with Crippen molar-refractivity contribution in [2.24, 2.45) is 5.41 Å². The van der Waals surface area contributed by atoms with E-state index in [2.05, 4.69) is 21.9 Å². The zero-order valence-corrected chi connectivity index (χ0v) is 19.7. The minimum absolute atomic E-state index is 0.0493. The SMILES string of the molecule is COc1cccc2c1N(C(C)=O)[C@@H]1CC[C@@]3(CC(O)c4ccccc4)CCCN4CC[C@@]21[C@H]43. The number of carbonyl (C=O) groups excluding carboxylic acids is 1. The molecule has 33 heavy (non-hydrogen) atoms. The van der Waals surface area contributed by atoms with Crippen LogP contribution in [0.25, 0.3) is 0 Å². The summed E-state index contributed by atoms with van der Waals surface area (Å²) in [6.07, 6.45) is 5.73. The zero-order chi connectivity index (χ0) is 22.8. The van der Waals surface area contributed by atoms with Crippen LogP contribution >= 0.6 is 0 Å². The average molecular weight is 447 g/mol. The summed E-state index contributed by atoms with van der Waals surface area (Å²) in [5.74, 6) is 0.907. The standard InChI is InChI=1S/C28H34N2O3/c1-19(31)30-24-12-14-27(18-22(32)20-8-4-3-5-9-20)13-7-16-29-17-15-28(24,26(27)29)21-10-6-11-23(33-2)25(21)30/h3-6,8-11,22,24,26,32H,7,12-18H2,1-2H3/t22?,24-,26-,27-,28-/m1/s1. The van der Waals surface area contributed by atoms with E-state index in [1.54, 1.807) is 14.0 Å². The largest absolute Gasteiger partial charge is 0.495 e. The number of benzene rings is 2. The van der Waals surface area contributed by atoms with Crippen molar-refractivity contribution in [3.8, 4) is 5.75 Å². The summed E-state index contributed by atoms with van der Waals surface area (Å²) in [6.45, 7) is 3.87. The average Bonchev–Trinajstić information content (AvgIpc) is 3.37. The lowest BCUT2D eigenvalue weighted by Gasteiger charge is -2.59. The number of rotatable bonds is 4. The fourth-order valence-electron chi connectivity index (χ4n) is 8.32. The maximum atomic E-state index is 13.0. The van der Waals surface area contributed by atoms with Crippen molar-refractivity contribution in [1.82, 2.24) is 4.90 Å². The molecule has 3 heterocycles. The predicted octanol–water partition coefficient (Wildman–Crippen LogP) is 4.44. The van der Waals surface area contributed by atoms with Gasteiger partial charge in [-0.25, -0.2) is 0 Å². The van der Waals surface area contributed by atoms with E-state index in [1.807, 2.05) is 36.4 Å². The quantitative estimate of drug-likeness (QED) is 0.754. The van der Waals surface area contributed by atoms with Crippen LogP contribution in [-0.2, 0) is 10.2 Å². The molecule has 0 aromatic heterocycles. The summed E-state index contributed by atoms with van der Waals surface area (Å²) in [6, 6.07) is 17.0. The third kappa shape index (κ3) is 2.82. The number of methoxy groups -OCH3 is 1. The van der Waals surface area contributed by atoms with E-state index in [4.69, 9.17) is 4.74 Å². The van der Waals surface area contributed by atoms with E-state index in [-0.39, 0.29) is 22.8 Å². The Morgan fingerprint density at radius 1 is 1.12 bits per heavy atom. The Kier molecular flexibility index (Phi) is 4.86. The molecule has 1 spiro atoms. The first kappa shape index (κ1) is 21.2. The molecule has 174 valence electrons. The van der Waals surface area contributed by atoms with Crippen LogP contribution in [-0.4, -0.2) is 48.2 Å². The van der Waals surface area contributed by atoms with Crippen molar-refractivity contribution in [3.05, 3.63) is 59.7 Å². The van der Waals surface area contributed by atoms with Crippen molar-refractivity contribution < 1.29 is 14.6 Å². The minimum Gasteiger partial charge on any atom is -0.495 e. The molecular formula is C28H34N2O3. The normalized spacial score (nSPS) is 33.2. The highest BCUT2D eigenvalue weighted by atomic mass is 16.5. The molecule has 2 aromatic carbocycles. The van der Waals surface area contributed by atoms with E-state index >= 15 is 0 Å².